The molecule has 0 unspecified atom stereocenters. The Morgan fingerprint density at radius 3 is 2.50 bits per heavy atom. The molecule has 1 fully saturated rings. The second-order valence-electron chi connectivity index (χ2n) is 7.64. The number of morpholine rings is 1. The van der Waals surface area contributed by atoms with E-state index in [2.05, 4.69) is 10.2 Å². The predicted octanol–water partition coefficient (Wildman–Crippen LogP) is 2.57. The lowest BCUT2D eigenvalue weighted by molar-refractivity contribution is -0.123. The van der Waals surface area contributed by atoms with E-state index in [-0.39, 0.29) is 11.9 Å². The Morgan fingerprint density at radius 1 is 1.13 bits per heavy atom. The van der Waals surface area contributed by atoms with Gasteiger partial charge in [-0.1, -0.05) is 42.5 Å². The van der Waals surface area contributed by atoms with E-state index in [4.69, 9.17) is 9.47 Å². The lowest BCUT2D eigenvalue weighted by Crippen LogP contribution is -2.49. The number of aryl methyl sites for hydroxylation is 1. The molecule has 2 aromatic carbocycles. The molecule has 2 N–H and O–H groups in total. The molecule has 2 atom stereocenters. The quantitative estimate of drug-likeness (QED) is 0.628. The van der Waals surface area contributed by atoms with E-state index in [1.807, 2.05) is 54.6 Å². The first kappa shape index (κ1) is 22.3. The number of nitrogens with zero attached hydrogens (tertiary/aromatic N) is 1. The fourth-order valence-corrected chi connectivity index (χ4v) is 3.69. The molecule has 0 spiro atoms. The number of ether oxygens (including phenoxy) is 2. The number of hydrogen-bond acceptors (Lipinski definition) is 5. The predicted molar refractivity (Wildman–Crippen MR) is 117 cm³/mol. The number of methoxy groups -OCH3 is 1. The molecule has 3 rings (SSSR count). The van der Waals surface area contributed by atoms with E-state index in [0.717, 1.165) is 37.2 Å². The maximum atomic E-state index is 12.6. The molecule has 1 saturated heterocycles. The van der Waals surface area contributed by atoms with Gasteiger partial charge in [0.05, 0.1) is 26.4 Å². The van der Waals surface area contributed by atoms with Gasteiger partial charge in [0.1, 0.15) is 11.9 Å². The molecule has 162 valence electrons. The molecule has 6 heteroatoms. The van der Waals surface area contributed by atoms with Gasteiger partial charge in [-0.25, -0.2) is 0 Å². The first-order chi connectivity index (χ1) is 14.7. The number of hydrogen-bond donors (Lipinski definition) is 2. The smallest absolute Gasteiger partial charge is 0.220 e. The third kappa shape index (κ3) is 6.83. The molecular weight excluding hydrogens is 380 g/mol. The van der Waals surface area contributed by atoms with Gasteiger partial charge < -0.3 is 19.9 Å². The first-order valence-electron chi connectivity index (χ1n) is 10.6. The highest BCUT2D eigenvalue weighted by Gasteiger charge is 2.26. The lowest BCUT2D eigenvalue weighted by atomic mass is 10.0. The SMILES string of the molecule is COc1ccc(CCCC(=O)N[C@@H](CN2CCOCC2)[C@@H](O)c2ccccc2)cc1. The minimum absolute atomic E-state index is 0.0308. The summed E-state index contributed by atoms with van der Waals surface area (Å²) in [6, 6.07) is 17.1. The molecule has 0 radical (unpaired) electrons. The topological polar surface area (TPSA) is 71.0 Å². The van der Waals surface area contributed by atoms with Crippen LogP contribution in [0, 0.1) is 0 Å². The summed E-state index contributed by atoms with van der Waals surface area (Å²) in [5.41, 5.74) is 1.99. The highest BCUT2D eigenvalue weighted by atomic mass is 16.5. The van der Waals surface area contributed by atoms with Crippen LogP contribution in [0.3, 0.4) is 0 Å². The molecule has 1 aliphatic rings. The van der Waals surface area contributed by atoms with Gasteiger partial charge in [-0.15, -0.1) is 0 Å². The third-order valence-electron chi connectivity index (χ3n) is 5.46. The molecule has 1 aliphatic heterocycles. The Labute approximate surface area is 178 Å². The summed E-state index contributed by atoms with van der Waals surface area (Å²) < 4.78 is 10.6. The number of amides is 1. The van der Waals surface area contributed by atoms with Crippen molar-refractivity contribution in [1.29, 1.82) is 0 Å². The summed E-state index contributed by atoms with van der Waals surface area (Å²) >= 11 is 0. The third-order valence-corrected chi connectivity index (χ3v) is 5.46. The fraction of sp³-hybridized carbons (Fsp3) is 0.458. The van der Waals surface area contributed by atoms with Crippen LogP contribution >= 0.6 is 0 Å². The van der Waals surface area contributed by atoms with E-state index in [1.165, 1.54) is 5.56 Å². The monoisotopic (exact) mass is 412 g/mol. The summed E-state index contributed by atoms with van der Waals surface area (Å²) in [6.45, 7) is 3.59. The van der Waals surface area contributed by atoms with Crippen molar-refractivity contribution in [3.63, 3.8) is 0 Å². The highest BCUT2D eigenvalue weighted by molar-refractivity contribution is 5.76. The summed E-state index contributed by atoms with van der Waals surface area (Å²) in [5.74, 6) is 0.800. The molecular formula is C24H32N2O4. The van der Waals surface area contributed by atoms with Gasteiger partial charge >= 0.3 is 0 Å². The molecule has 1 heterocycles. The van der Waals surface area contributed by atoms with Crippen LogP contribution in [-0.4, -0.2) is 61.9 Å². The Morgan fingerprint density at radius 2 is 1.83 bits per heavy atom. The second kappa shape index (κ2) is 11.7. The van der Waals surface area contributed by atoms with Crippen molar-refractivity contribution in [2.75, 3.05) is 40.0 Å². The van der Waals surface area contributed by atoms with Gasteiger partial charge in [-0.3, -0.25) is 9.69 Å². The van der Waals surface area contributed by atoms with Crippen LogP contribution in [0.5, 0.6) is 5.75 Å². The standard InChI is InChI=1S/C24H32N2O4/c1-29-21-12-10-19(11-13-21)6-5-9-23(27)25-22(18-26-14-16-30-17-15-26)24(28)20-7-3-2-4-8-20/h2-4,7-8,10-13,22,24,28H,5-6,9,14-18H2,1H3,(H,25,27)/t22-,24-/m0/s1. The van der Waals surface area contributed by atoms with Crippen molar-refractivity contribution in [2.24, 2.45) is 0 Å². The minimum Gasteiger partial charge on any atom is -0.497 e. The van der Waals surface area contributed by atoms with E-state index < -0.39 is 6.10 Å². The number of rotatable bonds is 10. The Kier molecular flexibility index (Phi) is 8.68. The largest absolute Gasteiger partial charge is 0.497 e. The minimum atomic E-state index is -0.750. The maximum absolute atomic E-state index is 12.6. The van der Waals surface area contributed by atoms with Crippen molar-refractivity contribution in [1.82, 2.24) is 10.2 Å². The van der Waals surface area contributed by atoms with Crippen molar-refractivity contribution in [3.05, 3.63) is 65.7 Å². The van der Waals surface area contributed by atoms with Gasteiger partial charge in [0, 0.05) is 26.1 Å². The number of aliphatic hydroxyl groups excluding tert-OH is 1. The van der Waals surface area contributed by atoms with Crippen LogP contribution in [0.1, 0.15) is 30.1 Å². The zero-order valence-corrected chi connectivity index (χ0v) is 17.6. The van der Waals surface area contributed by atoms with E-state index >= 15 is 0 Å². The fourth-order valence-electron chi connectivity index (χ4n) is 3.69. The lowest BCUT2D eigenvalue weighted by Gasteiger charge is -2.33. The van der Waals surface area contributed by atoms with Crippen LogP contribution in [0.25, 0.3) is 0 Å². The van der Waals surface area contributed by atoms with Crippen molar-refractivity contribution in [2.45, 2.75) is 31.4 Å². The van der Waals surface area contributed by atoms with Gasteiger partial charge in [-0.05, 0) is 36.1 Å². The maximum Gasteiger partial charge on any atom is 0.220 e. The number of benzene rings is 2. The van der Waals surface area contributed by atoms with Crippen molar-refractivity contribution >= 4 is 5.91 Å². The number of aliphatic hydroxyl groups is 1. The van der Waals surface area contributed by atoms with Crippen LogP contribution < -0.4 is 10.1 Å². The summed E-state index contributed by atoms with van der Waals surface area (Å²) in [6.07, 6.45) is 1.25. The molecule has 30 heavy (non-hydrogen) atoms. The first-order valence-corrected chi connectivity index (χ1v) is 10.6. The number of nitrogens with one attached hydrogen (secondary N) is 1. The molecule has 6 nitrogen and oxygen atoms in total. The van der Waals surface area contributed by atoms with Gasteiger partial charge in [-0.2, -0.15) is 0 Å². The van der Waals surface area contributed by atoms with Crippen molar-refractivity contribution < 1.29 is 19.4 Å². The van der Waals surface area contributed by atoms with Crippen LogP contribution in [0.2, 0.25) is 0 Å². The molecule has 0 saturated carbocycles. The summed E-state index contributed by atoms with van der Waals surface area (Å²) in [5, 5.41) is 14.0. The summed E-state index contributed by atoms with van der Waals surface area (Å²) in [7, 11) is 1.65. The van der Waals surface area contributed by atoms with Crippen molar-refractivity contribution in [3.8, 4) is 5.75 Å². The molecule has 1 amide bonds. The molecule has 0 aliphatic carbocycles. The zero-order valence-electron chi connectivity index (χ0n) is 17.6. The van der Waals surface area contributed by atoms with E-state index in [0.29, 0.717) is 26.2 Å². The molecule has 2 aromatic rings. The van der Waals surface area contributed by atoms with E-state index in [9.17, 15) is 9.90 Å². The molecule has 0 aromatic heterocycles. The number of carbonyl (C=O) groups is 1. The van der Waals surface area contributed by atoms with Crippen LogP contribution in [-0.2, 0) is 16.0 Å². The van der Waals surface area contributed by atoms with Crippen LogP contribution in [0.4, 0.5) is 0 Å². The molecule has 0 bridgehead atoms. The normalized spacial score (nSPS) is 16.6. The Bertz CT molecular complexity index is 761. The average Bonchev–Trinajstić information content (AvgIpc) is 2.80. The van der Waals surface area contributed by atoms with Gasteiger partial charge in [0.25, 0.3) is 0 Å². The van der Waals surface area contributed by atoms with Gasteiger partial charge in [0.2, 0.25) is 5.91 Å². The Balaban J connectivity index is 1.54. The average molecular weight is 413 g/mol. The summed E-state index contributed by atoms with van der Waals surface area (Å²) in [4.78, 5) is 14.9. The van der Waals surface area contributed by atoms with E-state index in [1.54, 1.807) is 7.11 Å². The Hall–Kier alpha value is -2.41. The van der Waals surface area contributed by atoms with Crippen LogP contribution in [0.15, 0.2) is 54.6 Å². The second-order valence-corrected chi connectivity index (χ2v) is 7.64. The van der Waals surface area contributed by atoms with Gasteiger partial charge in [0.15, 0.2) is 0 Å². The number of carbonyl (C=O) groups excluding carboxylic acids is 1. The zero-order chi connectivity index (χ0) is 21.2. The highest BCUT2D eigenvalue weighted by Crippen LogP contribution is 2.19.